The van der Waals surface area contributed by atoms with Crippen molar-refractivity contribution in [3.8, 4) is 11.5 Å². The number of hydrogen-bond donors (Lipinski definition) is 1. The number of oxazole rings is 1. The minimum atomic E-state index is -0.368. The quantitative estimate of drug-likeness (QED) is 0.653. The van der Waals surface area contributed by atoms with Crippen molar-refractivity contribution in [1.82, 2.24) is 4.98 Å². The van der Waals surface area contributed by atoms with E-state index in [0.29, 0.717) is 39.1 Å². The second-order valence-corrected chi connectivity index (χ2v) is 7.07. The van der Waals surface area contributed by atoms with Gasteiger partial charge in [-0.05, 0) is 65.2 Å². The molecule has 3 aromatic rings. The van der Waals surface area contributed by atoms with Gasteiger partial charge < -0.3 is 14.5 Å². The average molecular weight is 419 g/mol. The summed E-state index contributed by atoms with van der Waals surface area (Å²) in [5, 5.41) is 2.86. The summed E-state index contributed by atoms with van der Waals surface area (Å²) in [6.07, 6.45) is 2.27. The Morgan fingerprint density at radius 2 is 2.19 bits per heavy atom. The molecule has 1 saturated heterocycles. The first-order valence-electron chi connectivity index (χ1n) is 8.36. The van der Waals surface area contributed by atoms with Crippen LogP contribution in [0.3, 0.4) is 0 Å². The Morgan fingerprint density at radius 3 is 3.00 bits per heavy atom. The molecule has 1 fully saturated rings. The van der Waals surface area contributed by atoms with E-state index in [2.05, 4.69) is 26.2 Å². The Balaban J connectivity index is 1.55. The predicted octanol–water partition coefficient (Wildman–Crippen LogP) is 4.90. The van der Waals surface area contributed by atoms with Gasteiger partial charge in [0.05, 0.1) is 18.1 Å². The number of nitrogens with zero attached hydrogens (tertiary/aromatic N) is 1. The minimum absolute atomic E-state index is 0.00251. The van der Waals surface area contributed by atoms with Crippen molar-refractivity contribution in [3.63, 3.8) is 0 Å². The van der Waals surface area contributed by atoms with Crippen LogP contribution >= 0.6 is 15.9 Å². The van der Waals surface area contributed by atoms with Crippen LogP contribution < -0.4 is 5.32 Å². The summed E-state index contributed by atoms with van der Waals surface area (Å²) < 4.78 is 25.4. The van der Waals surface area contributed by atoms with Gasteiger partial charge in [-0.25, -0.2) is 9.37 Å². The van der Waals surface area contributed by atoms with Crippen LogP contribution in [0.1, 0.15) is 19.3 Å². The zero-order valence-corrected chi connectivity index (χ0v) is 15.4. The molecule has 2 heterocycles. The summed E-state index contributed by atoms with van der Waals surface area (Å²) >= 11 is 3.38. The van der Waals surface area contributed by atoms with E-state index in [1.807, 2.05) is 0 Å². The molecule has 2 aromatic carbocycles. The first-order chi connectivity index (χ1) is 12.6. The number of carbonyl (C=O) groups excluding carboxylic acids is 1. The highest BCUT2D eigenvalue weighted by atomic mass is 79.9. The number of ether oxygens (including phenoxy) is 1. The number of hydrogen-bond acceptors (Lipinski definition) is 4. The Labute approximate surface area is 157 Å². The van der Waals surface area contributed by atoms with Crippen LogP contribution in [0.15, 0.2) is 45.3 Å². The number of aromatic nitrogens is 1. The third-order valence-corrected chi connectivity index (χ3v) is 4.96. The maximum absolute atomic E-state index is 13.5. The second-order valence-electron chi connectivity index (χ2n) is 6.21. The maximum atomic E-state index is 13.5. The highest BCUT2D eigenvalue weighted by Crippen LogP contribution is 2.31. The number of fused-ring (bicyclic) bond motifs is 1. The van der Waals surface area contributed by atoms with Crippen molar-refractivity contribution >= 4 is 38.6 Å². The molecule has 4 rings (SSSR count). The lowest BCUT2D eigenvalue weighted by molar-refractivity contribution is -0.118. The maximum Gasteiger partial charge on any atom is 0.228 e. The first kappa shape index (κ1) is 17.2. The van der Waals surface area contributed by atoms with Gasteiger partial charge in [-0.1, -0.05) is 0 Å². The molecule has 0 bridgehead atoms. The van der Waals surface area contributed by atoms with E-state index < -0.39 is 0 Å². The van der Waals surface area contributed by atoms with Crippen LogP contribution in [0.2, 0.25) is 0 Å². The molecule has 7 heteroatoms. The Morgan fingerprint density at radius 1 is 1.31 bits per heavy atom. The fourth-order valence-corrected chi connectivity index (χ4v) is 3.42. The van der Waals surface area contributed by atoms with E-state index in [4.69, 9.17) is 9.15 Å². The van der Waals surface area contributed by atoms with Crippen LogP contribution in [-0.4, -0.2) is 23.6 Å². The smallest absolute Gasteiger partial charge is 0.228 e. The first-order valence-corrected chi connectivity index (χ1v) is 9.15. The Kier molecular flexibility index (Phi) is 4.74. The summed E-state index contributed by atoms with van der Waals surface area (Å²) in [6, 6.07) is 9.56. The molecular weight excluding hydrogens is 403 g/mol. The summed E-state index contributed by atoms with van der Waals surface area (Å²) in [5.74, 6) is -0.144. The van der Waals surface area contributed by atoms with E-state index in [1.54, 1.807) is 24.3 Å². The van der Waals surface area contributed by atoms with Gasteiger partial charge in [0.1, 0.15) is 11.3 Å². The van der Waals surface area contributed by atoms with Gasteiger partial charge in [0, 0.05) is 16.8 Å². The zero-order chi connectivity index (χ0) is 18.1. The van der Waals surface area contributed by atoms with Crippen molar-refractivity contribution in [3.05, 3.63) is 46.7 Å². The lowest BCUT2D eigenvalue weighted by atomic mass is 10.1. The summed E-state index contributed by atoms with van der Waals surface area (Å²) in [4.78, 5) is 16.5. The van der Waals surface area contributed by atoms with E-state index in [-0.39, 0.29) is 17.8 Å². The van der Waals surface area contributed by atoms with Crippen molar-refractivity contribution in [1.29, 1.82) is 0 Å². The van der Waals surface area contributed by atoms with Crippen LogP contribution in [-0.2, 0) is 9.53 Å². The standard InChI is InChI=1S/C19H16BrFN2O3/c20-15-5-3-11(21)8-14(15)19-23-16-9-12(4-6-17(16)26-19)22-18(24)10-13-2-1-7-25-13/h3-6,8-9,13H,1-2,7,10H2,(H,22,24)/t13-/m1/s1. The summed E-state index contributed by atoms with van der Waals surface area (Å²) in [6.45, 7) is 0.723. The molecule has 1 atom stereocenters. The third-order valence-electron chi connectivity index (χ3n) is 4.27. The van der Waals surface area contributed by atoms with Gasteiger partial charge in [0.25, 0.3) is 0 Å². The monoisotopic (exact) mass is 418 g/mol. The largest absolute Gasteiger partial charge is 0.436 e. The molecule has 1 N–H and O–H groups in total. The Hall–Kier alpha value is -2.25. The van der Waals surface area contributed by atoms with Crippen LogP contribution in [0.4, 0.5) is 10.1 Å². The Bertz CT molecular complexity index is 967. The molecule has 1 amide bonds. The van der Waals surface area contributed by atoms with E-state index >= 15 is 0 Å². The van der Waals surface area contributed by atoms with E-state index in [1.165, 1.54) is 12.1 Å². The molecule has 1 aromatic heterocycles. The van der Waals surface area contributed by atoms with Crippen molar-refractivity contribution in [2.75, 3.05) is 11.9 Å². The predicted molar refractivity (Wildman–Crippen MR) is 99.3 cm³/mol. The third kappa shape index (κ3) is 3.64. The van der Waals surface area contributed by atoms with Crippen LogP contribution in [0, 0.1) is 5.82 Å². The highest BCUT2D eigenvalue weighted by Gasteiger charge is 2.19. The fraction of sp³-hybridized carbons (Fsp3) is 0.263. The number of rotatable bonds is 4. The SMILES string of the molecule is O=C(C[C@H]1CCCO1)Nc1ccc2oc(-c3cc(F)ccc3Br)nc2c1. The molecule has 1 aliphatic rings. The number of halogens is 2. The van der Waals surface area contributed by atoms with Gasteiger partial charge >= 0.3 is 0 Å². The van der Waals surface area contributed by atoms with Crippen LogP contribution in [0.5, 0.6) is 0 Å². The number of carbonyl (C=O) groups is 1. The molecule has 5 nitrogen and oxygen atoms in total. The average Bonchev–Trinajstić information content (AvgIpc) is 3.26. The molecule has 0 aliphatic carbocycles. The van der Waals surface area contributed by atoms with Crippen molar-refractivity contribution in [2.24, 2.45) is 0 Å². The summed E-state index contributed by atoms with van der Waals surface area (Å²) in [5.41, 5.74) is 2.32. The normalized spacial score (nSPS) is 16.9. The van der Waals surface area contributed by atoms with Crippen molar-refractivity contribution < 1.29 is 18.3 Å². The number of amides is 1. The molecular formula is C19H16BrFN2O3. The number of benzene rings is 2. The number of anilines is 1. The molecule has 1 aliphatic heterocycles. The fourth-order valence-electron chi connectivity index (χ4n) is 3.01. The second kappa shape index (κ2) is 7.17. The van der Waals surface area contributed by atoms with Gasteiger partial charge in [-0.15, -0.1) is 0 Å². The van der Waals surface area contributed by atoms with Gasteiger partial charge in [0.15, 0.2) is 5.58 Å². The zero-order valence-electron chi connectivity index (χ0n) is 13.8. The molecule has 0 spiro atoms. The molecule has 0 radical (unpaired) electrons. The van der Waals surface area contributed by atoms with Gasteiger partial charge in [-0.3, -0.25) is 4.79 Å². The molecule has 0 unspecified atom stereocenters. The topological polar surface area (TPSA) is 64.4 Å². The number of nitrogens with one attached hydrogen (secondary N) is 1. The lowest BCUT2D eigenvalue weighted by Gasteiger charge is -2.09. The molecule has 134 valence electrons. The van der Waals surface area contributed by atoms with Gasteiger partial charge in [-0.2, -0.15) is 0 Å². The van der Waals surface area contributed by atoms with Gasteiger partial charge in [0.2, 0.25) is 11.8 Å². The molecule has 0 saturated carbocycles. The van der Waals surface area contributed by atoms with E-state index in [0.717, 1.165) is 19.4 Å². The molecule has 26 heavy (non-hydrogen) atoms. The minimum Gasteiger partial charge on any atom is -0.436 e. The summed E-state index contributed by atoms with van der Waals surface area (Å²) in [7, 11) is 0. The van der Waals surface area contributed by atoms with Crippen LogP contribution in [0.25, 0.3) is 22.6 Å². The highest BCUT2D eigenvalue weighted by molar-refractivity contribution is 9.10. The van der Waals surface area contributed by atoms with Crippen molar-refractivity contribution in [2.45, 2.75) is 25.4 Å². The van der Waals surface area contributed by atoms with E-state index in [9.17, 15) is 9.18 Å². The lowest BCUT2D eigenvalue weighted by Crippen LogP contribution is -2.19.